The predicted molar refractivity (Wildman–Crippen MR) is 65.3 cm³/mol. The molecule has 1 saturated carbocycles. The number of halogens is 1. The van der Waals surface area contributed by atoms with Crippen LogP contribution in [-0.4, -0.2) is 23.6 Å². The highest BCUT2D eigenvalue weighted by Crippen LogP contribution is 2.38. The van der Waals surface area contributed by atoms with E-state index < -0.39 is 0 Å². The second-order valence-electron chi connectivity index (χ2n) is 4.05. The molecule has 0 saturated heterocycles. The second-order valence-corrected chi connectivity index (χ2v) is 5.30. The summed E-state index contributed by atoms with van der Waals surface area (Å²) in [6, 6.07) is 0. The van der Waals surface area contributed by atoms with Gasteiger partial charge in [-0.15, -0.1) is 0 Å². The van der Waals surface area contributed by atoms with Crippen LogP contribution in [0.1, 0.15) is 13.3 Å². The summed E-state index contributed by atoms with van der Waals surface area (Å²) < 4.78 is 1.08. The Bertz CT molecular complexity index is 312. The van der Waals surface area contributed by atoms with Crippen LogP contribution in [0.2, 0.25) is 0 Å². The smallest absolute Gasteiger partial charge is 0.225 e. The zero-order chi connectivity index (χ0) is 10.1. The standard InChI is InChI=1S/C10H14IN3/c1-7-3-8(7)6-14(2)10-12-4-9(11)5-13-10/h4-5,7-8H,3,6H2,1-2H3. The summed E-state index contributed by atoms with van der Waals surface area (Å²) in [4.78, 5) is 10.7. The third-order valence-electron chi connectivity index (χ3n) is 2.73. The predicted octanol–water partition coefficient (Wildman–Crippen LogP) is 2.17. The SMILES string of the molecule is CC1CC1CN(C)c1ncc(I)cn1. The van der Waals surface area contributed by atoms with Crippen molar-refractivity contribution < 1.29 is 0 Å². The first-order valence-corrected chi connectivity index (χ1v) is 5.93. The lowest BCUT2D eigenvalue weighted by Gasteiger charge is -2.16. The third-order valence-corrected chi connectivity index (χ3v) is 3.29. The van der Waals surface area contributed by atoms with Crippen molar-refractivity contribution in [1.82, 2.24) is 9.97 Å². The van der Waals surface area contributed by atoms with E-state index in [9.17, 15) is 0 Å². The lowest BCUT2D eigenvalue weighted by atomic mass is 10.3. The molecule has 0 aromatic carbocycles. The van der Waals surface area contributed by atoms with E-state index in [0.29, 0.717) is 0 Å². The largest absolute Gasteiger partial charge is 0.344 e. The van der Waals surface area contributed by atoms with Crippen molar-refractivity contribution in [3.05, 3.63) is 16.0 Å². The lowest BCUT2D eigenvalue weighted by molar-refractivity contribution is 0.711. The molecule has 0 aliphatic heterocycles. The average molecular weight is 303 g/mol. The van der Waals surface area contributed by atoms with Gasteiger partial charge in [0.1, 0.15) is 0 Å². The maximum Gasteiger partial charge on any atom is 0.225 e. The van der Waals surface area contributed by atoms with Crippen molar-refractivity contribution in [1.29, 1.82) is 0 Å². The molecule has 2 atom stereocenters. The molecule has 1 aliphatic carbocycles. The molecular formula is C10H14IN3. The van der Waals surface area contributed by atoms with E-state index in [1.54, 1.807) is 0 Å². The maximum absolute atomic E-state index is 4.29. The van der Waals surface area contributed by atoms with Gasteiger partial charge in [0, 0.05) is 29.6 Å². The molecule has 76 valence electrons. The summed E-state index contributed by atoms with van der Waals surface area (Å²) in [6.07, 6.45) is 5.07. The molecule has 2 unspecified atom stereocenters. The van der Waals surface area contributed by atoms with Crippen LogP contribution >= 0.6 is 22.6 Å². The maximum atomic E-state index is 4.29. The molecule has 1 fully saturated rings. The summed E-state index contributed by atoms with van der Waals surface area (Å²) in [5.74, 6) is 2.58. The Labute approximate surface area is 98.1 Å². The fraction of sp³-hybridized carbons (Fsp3) is 0.600. The van der Waals surface area contributed by atoms with Gasteiger partial charge in [-0.25, -0.2) is 9.97 Å². The van der Waals surface area contributed by atoms with Crippen molar-refractivity contribution in [2.45, 2.75) is 13.3 Å². The molecule has 1 aromatic heterocycles. The van der Waals surface area contributed by atoms with Gasteiger partial charge in [0.15, 0.2) is 0 Å². The van der Waals surface area contributed by atoms with E-state index in [1.165, 1.54) is 6.42 Å². The van der Waals surface area contributed by atoms with Gasteiger partial charge in [-0.2, -0.15) is 0 Å². The summed E-state index contributed by atoms with van der Waals surface area (Å²) in [6.45, 7) is 3.38. The lowest BCUT2D eigenvalue weighted by Crippen LogP contribution is -2.22. The Morgan fingerprint density at radius 2 is 2.07 bits per heavy atom. The normalized spacial score (nSPS) is 24.8. The van der Waals surface area contributed by atoms with Crippen molar-refractivity contribution in [3.63, 3.8) is 0 Å². The van der Waals surface area contributed by atoms with Gasteiger partial charge >= 0.3 is 0 Å². The number of nitrogens with zero attached hydrogens (tertiary/aromatic N) is 3. The van der Waals surface area contributed by atoms with Gasteiger partial charge in [0.25, 0.3) is 0 Å². The Balaban J connectivity index is 1.96. The van der Waals surface area contributed by atoms with E-state index in [0.717, 1.165) is 27.9 Å². The molecule has 2 rings (SSSR count). The highest BCUT2D eigenvalue weighted by Gasteiger charge is 2.33. The first-order chi connectivity index (χ1) is 6.66. The molecule has 4 heteroatoms. The Morgan fingerprint density at radius 1 is 1.50 bits per heavy atom. The fourth-order valence-corrected chi connectivity index (χ4v) is 1.87. The van der Waals surface area contributed by atoms with E-state index >= 15 is 0 Å². The number of aromatic nitrogens is 2. The molecule has 0 bridgehead atoms. The minimum Gasteiger partial charge on any atom is -0.344 e. The molecular weight excluding hydrogens is 289 g/mol. The van der Waals surface area contributed by atoms with Crippen molar-refractivity contribution in [3.8, 4) is 0 Å². The molecule has 0 amide bonds. The van der Waals surface area contributed by atoms with E-state index in [-0.39, 0.29) is 0 Å². The molecule has 3 nitrogen and oxygen atoms in total. The van der Waals surface area contributed by atoms with Gasteiger partial charge < -0.3 is 4.90 Å². The Kier molecular flexibility index (Phi) is 2.90. The van der Waals surface area contributed by atoms with Crippen LogP contribution in [0.5, 0.6) is 0 Å². The summed E-state index contributed by atoms with van der Waals surface area (Å²) in [5, 5.41) is 0. The van der Waals surface area contributed by atoms with Crippen LogP contribution < -0.4 is 4.90 Å². The van der Waals surface area contributed by atoms with Gasteiger partial charge in [-0.1, -0.05) is 6.92 Å². The summed E-state index contributed by atoms with van der Waals surface area (Å²) in [7, 11) is 2.06. The van der Waals surface area contributed by atoms with Gasteiger partial charge in [0.2, 0.25) is 5.95 Å². The van der Waals surface area contributed by atoms with E-state index in [2.05, 4.69) is 51.4 Å². The Morgan fingerprint density at radius 3 is 2.57 bits per heavy atom. The molecule has 0 N–H and O–H groups in total. The quantitative estimate of drug-likeness (QED) is 0.802. The van der Waals surface area contributed by atoms with Crippen LogP contribution in [0.3, 0.4) is 0 Å². The zero-order valence-electron chi connectivity index (χ0n) is 8.44. The minimum absolute atomic E-state index is 0.838. The fourth-order valence-electron chi connectivity index (χ4n) is 1.59. The minimum atomic E-state index is 0.838. The van der Waals surface area contributed by atoms with Crippen LogP contribution in [0.25, 0.3) is 0 Å². The molecule has 0 radical (unpaired) electrons. The van der Waals surface area contributed by atoms with Crippen LogP contribution in [0.4, 0.5) is 5.95 Å². The highest BCUT2D eigenvalue weighted by atomic mass is 127. The number of hydrogen-bond donors (Lipinski definition) is 0. The third kappa shape index (κ3) is 2.34. The van der Waals surface area contributed by atoms with Gasteiger partial charge in [-0.05, 0) is 40.8 Å². The average Bonchev–Trinajstić information content (AvgIpc) is 2.82. The summed E-state index contributed by atoms with van der Waals surface area (Å²) in [5.41, 5.74) is 0. The number of rotatable bonds is 3. The topological polar surface area (TPSA) is 29.0 Å². The van der Waals surface area contributed by atoms with Gasteiger partial charge in [0.05, 0.1) is 0 Å². The van der Waals surface area contributed by atoms with Crippen LogP contribution in [0.15, 0.2) is 12.4 Å². The molecule has 1 heterocycles. The molecule has 1 aromatic rings. The first-order valence-electron chi connectivity index (χ1n) is 4.85. The number of anilines is 1. The first kappa shape index (κ1) is 10.1. The zero-order valence-corrected chi connectivity index (χ0v) is 10.6. The van der Waals surface area contributed by atoms with Crippen LogP contribution in [0, 0.1) is 15.4 Å². The highest BCUT2D eigenvalue weighted by molar-refractivity contribution is 14.1. The molecule has 0 spiro atoms. The summed E-state index contributed by atoms with van der Waals surface area (Å²) >= 11 is 2.22. The Hall–Kier alpha value is -0.390. The number of hydrogen-bond acceptors (Lipinski definition) is 3. The second kappa shape index (κ2) is 4.00. The van der Waals surface area contributed by atoms with E-state index in [1.807, 2.05) is 12.4 Å². The molecule has 1 aliphatic rings. The van der Waals surface area contributed by atoms with Crippen molar-refractivity contribution in [2.24, 2.45) is 11.8 Å². The van der Waals surface area contributed by atoms with Crippen molar-refractivity contribution in [2.75, 3.05) is 18.5 Å². The molecule has 14 heavy (non-hydrogen) atoms. The van der Waals surface area contributed by atoms with Crippen LogP contribution in [-0.2, 0) is 0 Å². The monoisotopic (exact) mass is 303 g/mol. The van der Waals surface area contributed by atoms with Gasteiger partial charge in [-0.3, -0.25) is 0 Å². The van der Waals surface area contributed by atoms with E-state index in [4.69, 9.17) is 0 Å². The van der Waals surface area contributed by atoms with Crippen molar-refractivity contribution >= 4 is 28.5 Å².